The van der Waals surface area contributed by atoms with Crippen molar-refractivity contribution in [1.29, 1.82) is 5.26 Å². The van der Waals surface area contributed by atoms with Gasteiger partial charge in [-0.3, -0.25) is 4.98 Å². The number of rotatable bonds is 3. The van der Waals surface area contributed by atoms with Gasteiger partial charge in [-0.25, -0.2) is 4.79 Å². The standard InChI is InChI=1S/C16H17N3O2S/c1-9(2)21-16(20)13-10(3)19-15(22)12(7-17)14(13)11-5-4-6-18-8-11/h4-6,8-9,14,19,22H,1-3H3/t14-/m0/s1. The zero-order valence-corrected chi connectivity index (χ0v) is 13.5. The summed E-state index contributed by atoms with van der Waals surface area (Å²) in [6.07, 6.45) is 3.05. The van der Waals surface area contributed by atoms with Crippen molar-refractivity contribution in [2.24, 2.45) is 0 Å². The average molecular weight is 315 g/mol. The maximum atomic E-state index is 12.5. The number of hydrogen-bond donors (Lipinski definition) is 2. The number of carbonyl (C=O) groups excluding carboxylic acids is 1. The van der Waals surface area contributed by atoms with E-state index in [-0.39, 0.29) is 6.10 Å². The lowest BCUT2D eigenvalue weighted by Gasteiger charge is -2.28. The van der Waals surface area contributed by atoms with E-state index in [1.807, 2.05) is 6.07 Å². The van der Waals surface area contributed by atoms with E-state index >= 15 is 0 Å². The first kappa shape index (κ1) is 16.1. The molecule has 0 aliphatic carbocycles. The molecule has 0 bridgehead atoms. The second-order valence-corrected chi connectivity index (χ2v) is 5.66. The average Bonchev–Trinajstić information content (AvgIpc) is 2.46. The van der Waals surface area contributed by atoms with Crippen molar-refractivity contribution in [2.45, 2.75) is 32.8 Å². The highest BCUT2D eigenvalue weighted by atomic mass is 32.1. The maximum Gasteiger partial charge on any atom is 0.337 e. The first-order chi connectivity index (χ1) is 10.5. The van der Waals surface area contributed by atoms with Crippen LogP contribution in [0.2, 0.25) is 0 Å². The molecule has 1 atom stereocenters. The molecular weight excluding hydrogens is 298 g/mol. The largest absolute Gasteiger partial charge is 0.460 e. The highest BCUT2D eigenvalue weighted by Crippen LogP contribution is 2.38. The van der Waals surface area contributed by atoms with Crippen molar-refractivity contribution in [3.8, 4) is 6.07 Å². The fourth-order valence-corrected chi connectivity index (χ4v) is 2.70. The van der Waals surface area contributed by atoms with Gasteiger partial charge in [0.05, 0.1) is 34.3 Å². The van der Waals surface area contributed by atoms with Gasteiger partial charge in [0.2, 0.25) is 0 Å². The molecule has 1 aliphatic rings. The molecule has 114 valence electrons. The Morgan fingerprint density at radius 2 is 2.27 bits per heavy atom. The van der Waals surface area contributed by atoms with Crippen molar-refractivity contribution in [3.05, 3.63) is 52.0 Å². The molecule has 2 rings (SSSR count). The molecular formula is C16H17N3O2S. The summed E-state index contributed by atoms with van der Waals surface area (Å²) in [4.78, 5) is 16.6. The summed E-state index contributed by atoms with van der Waals surface area (Å²) >= 11 is 4.32. The molecule has 0 spiro atoms. The molecule has 0 fully saturated rings. The van der Waals surface area contributed by atoms with Gasteiger partial charge in [-0.2, -0.15) is 5.26 Å². The van der Waals surface area contributed by atoms with Gasteiger partial charge in [-0.1, -0.05) is 6.07 Å². The Morgan fingerprint density at radius 1 is 1.55 bits per heavy atom. The number of dihydropyridines is 1. The predicted molar refractivity (Wildman–Crippen MR) is 85.7 cm³/mol. The minimum atomic E-state index is -0.529. The Bertz CT molecular complexity index is 687. The first-order valence-electron chi connectivity index (χ1n) is 6.87. The number of nitrogens with zero attached hydrogens (tertiary/aromatic N) is 2. The molecule has 0 aromatic carbocycles. The third-order valence-electron chi connectivity index (χ3n) is 3.24. The number of ether oxygens (including phenoxy) is 1. The molecule has 22 heavy (non-hydrogen) atoms. The normalized spacial score (nSPS) is 18.1. The fraction of sp³-hybridized carbons (Fsp3) is 0.312. The van der Waals surface area contributed by atoms with Crippen molar-refractivity contribution in [1.82, 2.24) is 10.3 Å². The zero-order chi connectivity index (χ0) is 16.3. The number of hydrogen-bond acceptors (Lipinski definition) is 6. The molecule has 1 aliphatic heterocycles. The summed E-state index contributed by atoms with van der Waals surface area (Å²) in [6.45, 7) is 5.34. The number of carbonyl (C=O) groups is 1. The van der Waals surface area contributed by atoms with Crippen LogP contribution >= 0.6 is 12.6 Å². The van der Waals surface area contributed by atoms with Crippen LogP contribution in [0.3, 0.4) is 0 Å². The van der Waals surface area contributed by atoms with Gasteiger partial charge in [0, 0.05) is 18.1 Å². The van der Waals surface area contributed by atoms with Crippen molar-refractivity contribution in [3.63, 3.8) is 0 Å². The number of thiol groups is 1. The van der Waals surface area contributed by atoms with E-state index in [0.29, 0.717) is 21.9 Å². The highest BCUT2D eigenvalue weighted by molar-refractivity contribution is 7.84. The van der Waals surface area contributed by atoms with Crippen LogP contribution < -0.4 is 5.32 Å². The molecule has 0 saturated carbocycles. The van der Waals surface area contributed by atoms with E-state index in [0.717, 1.165) is 5.56 Å². The summed E-state index contributed by atoms with van der Waals surface area (Å²) in [7, 11) is 0. The minimum absolute atomic E-state index is 0.241. The Balaban J connectivity index is 2.56. The van der Waals surface area contributed by atoms with Gasteiger partial charge >= 0.3 is 5.97 Å². The van der Waals surface area contributed by atoms with Crippen LogP contribution in [0.25, 0.3) is 0 Å². The molecule has 1 aromatic rings. The van der Waals surface area contributed by atoms with E-state index in [1.54, 1.807) is 39.2 Å². The van der Waals surface area contributed by atoms with Crippen LogP contribution in [0.5, 0.6) is 0 Å². The summed E-state index contributed by atoms with van der Waals surface area (Å²) in [5.41, 5.74) is 2.17. The van der Waals surface area contributed by atoms with Crippen LogP contribution in [-0.4, -0.2) is 17.1 Å². The van der Waals surface area contributed by atoms with Crippen LogP contribution in [-0.2, 0) is 9.53 Å². The number of pyridine rings is 1. The third-order valence-corrected chi connectivity index (χ3v) is 3.60. The van der Waals surface area contributed by atoms with Crippen LogP contribution in [0.15, 0.2) is 46.4 Å². The predicted octanol–water partition coefficient (Wildman–Crippen LogP) is 2.66. The molecule has 6 heteroatoms. The summed E-state index contributed by atoms with van der Waals surface area (Å²) in [5.74, 6) is -0.971. The Kier molecular flexibility index (Phi) is 4.88. The van der Waals surface area contributed by atoms with E-state index in [2.05, 4.69) is 29.0 Å². The minimum Gasteiger partial charge on any atom is -0.460 e. The maximum absolute atomic E-state index is 12.5. The highest BCUT2D eigenvalue weighted by Gasteiger charge is 2.34. The molecule has 0 amide bonds. The summed E-state index contributed by atoms with van der Waals surface area (Å²) < 4.78 is 5.33. The smallest absolute Gasteiger partial charge is 0.337 e. The number of nitriles is 1. The summed E-state index contributed by atoms with van der Waals surface area (Å²) in [6, 6.07) is 5.73. The van der Waals surface area contributed by atoms with Crippen molar-refractivity contribution >= 4 is 18.6 Å². The number of esters is 1. The van der Waals surface area contributed by atoms with Crippen LogP contribution in [0.1, 0.15) is 32.3 Å². The number of nitrogens with one attached hydrogen (secondary N) is 1. The van der Waals surface area contributed by atoms with Gasteiger partial charge < -0.3 is 10.1 Å². The Morgan fingerprint density at radius 3 is 2.82 bits per heavy atom. The SMILES string of the molecule is CC1=C(C(=O)OC(C)C)[C@@H](c2cccnc2)C(C#N)=C(S)N1. The van der Waals surface area contributed by atoms with Gasteiger partial charge in [0.25, 0.3) is 0 Å². The van der Waals surface area contributed by atoms with Crippen molar-refractivity contribution < 1.29 is 9.53 Å². The van der Waals surface area contributed by atoms with Crippen LogP contribution in [0, 0.1) is 11.3 Å². The third kappa shape index (κ3) is 3.15. The van der Waals surface area contributed by atoms with E-state index in [1.165, 1.54) is 0 Å². The van der Waals surface area contributed by atoms with E-state index < -0.39 is 11.9 Å². The molecule has 0 radical (unpaired) electrons. The molecule has 1 aromatic heterocycles. The van der Waals surface area contributed by atoms with Gasteiger partial charge in [-0.15, -0.1) is 12.6 Å². The number of aromatic nitrogens is 1. The lowest BCUT2D eigenvalue weighted by molar-refractivity contribution is -0.143. The zero-order valence-electron chi connectivity index (χ0n) is 12.6. The van der Waals surface area contributed by atoms with Crippen molar-refractivity contribution in [2.75, 3.05) is 0 Å². The molecule has 1 N–H and O–H groups in total. The number of allylic oxidation sites excluding steroid dienone is 2. The Labute approximate surface area is 135 Å². The molecule has 0 saturated heterocycles. The molecule has 5 nitrogen and oxygen atoms in total. The first-order valence-corrected chi connectivity index (χ1v) is 7.32. The lowest BCUT2D eigenvalue weighted by Crippen LogP contribution is -2.29. The topological polar surface area (TPSA) is 75.0 Å². The Hall–Kier alpha value is -2.26. The van der Waals surface area contributed by atoms with Gasteiger partial charge in [0.1, 0.15) is 0 Å². The van der Waals surface area contributed by atoms with Gasteiger partial charge in [-0.05, 0) is 32.4 Å². The summed E-state index contributed by atoms with van der Waals surface area (Å²) in [5, 5.41) is 12.9. The lowest BCUT2D eigenvalue weighted by atomic mass is 9.83. The fourth-order valence-electron chi connectivity index (χ4n) is 2.36. The van der Waals surface area contributed by atoms with E-state index in [4.69, 9.17) is 4.74 Å². The quantitative estimate of drug-likeness (QED) is 0.662. The second-order valence-electron chi connectivity index (χ2n) is 5.21. The van der Waals surface area contributed by atoms with Gasteiger partial charge in [0.15, 0.2) is 0 Å². The van der Waals surface area contributed by atoms with E-state index in [9.17, 15) is 10.1 Å². The monoisotopic (exact) mass is 315 g/mol. The molecule has 0 unspecified atom stereocenters. The second kappa shape index (κ2) is 6.67. The van der Waals surface area contributed by atoms with Crippen LogP contribution in [0.4, 0.5) is 0 Å². The molecule has 2 heterocycles.